The van der Waals surface area contributed by atoms with E-state index in [1.54, 1.807) is 11.3 Å². The summed E-state index contributed by atoms with van der Waals surface area (Å²) in [6, 6.07) is 16.5. The first-order chi connectivity index (χ1) is 15.8. The molecule has 0 spiro atoms. The van der Waals surface area contributed by atoms with Crippen LogP contribution < -0.4 is 5.32 Å². The van der Waals surface area contributed by atoms with Gasteiger partial charge in [-0.15, -0.1) is 21.5 Å². The van der Waals surface area contributed by atoms with Crippen LogP contribution in [0.1, 0.15) is 43.3 Å². The van der Waals surface area contributed by atoms with Crippen molar-refractivity contribution < 1.29 is 4.79 Å². The number of thioether (sulfide) groups is 1. The van der Waals surface area contributed by atoms with Gasteiger partial charge in [0.2, 0.25) is 5.91 Å². The number of nitrogens with zero attached hydrogens (tertiary/aromatic N) is 5. The monoisotopic (exact) mass is 462 g/mol. The predicted molar refractivity (Wildman–Crippen MR) is 126 cm³/mol. The summed E-state index contributed by atoms with van der Waals surface area (Å²) in [6.45, 7) is 0. The molecule has 0 unspecified atom stereocenters. The van der Waals surface area contributed by atoms with Crippen molar-refractivity contribution in [2.45, 2.75) is 42.8 Å². The smallest absolute Gasteiger partial charge is 0.236 e. The fourth-order valence-electron chi connectivity index (χ4n) is 3.75. The molecule has 3 heterocycles. The third-order valence-corrected chi connectivity index (χ3v) is 7.45. The number of anilines is 1. The van der Waals surface area contributed by atoms with E-state index in [4.69, 9.17) is 5.10 Å². The summed E-state index contributed by atoms with van der Waals surface area (Å²) < 4.78 is 4.03. The molecule has 0 aliphatic heterocycles. The Balaban J connectivity index is 1.19. The summed E-state index contributed by atoms with van der Waals surface area (Å²) >= 11 is 3.10. The van der Waals surface area contributed by atoms with Crippen LogP contribution in [0, 0.1) is 0 Å². The Bertz CT molecular complexity index is 1240. The highest BCUT2D eigenvalue weighted by Crippen LogP contribution is 2.42. The van der Waals surface area contributed by atoms with Crippen LogP contribution in [0.2, 0.25) is 0 Å². The number of thiophene rings is 1. The lowest BCUT2D eigenvalue weighted by molar-refractivity contribution is -0.113. The van der Waals surface area contributed by atoms with Gasteiger partial charge in [0, 0.05) is 18.0 Å². The highest BCUT2D eigenvalue weighted by atomic mass is 32.2. The number of benzene rings is 1. The molecule has 0 atom stereocenters. The molecule has 0 radical (unpaired) electrons. The van der Waals surface area contributed by atoms with Crippen molar-refractivity contribution >= 4 is 34.8 Å². The number of rotatable bonds is 8. The van der Waals surface area contributed by atoms with Crippen LogP contribution in [0.4, 0.5) is 5.82 Å². The zero-order chi connectivity index (χ0) is 21.5. The first-order valence-electron chi connectivity index (χ1n) is 10.8. The molecule has 2 saturated carbocycles. The topological polar surface area (TPSA) is 77.6 Å². The Morgan fingerprint density at radius 1 is 1.09 bits per heavy atom. The van der Waals surface area contributed by atoms with E-state index in [0.29, 0.717) is 17.8 Å². The van der Waals surface area contributed by atoms with E-state index >= 15 is 0 Å². The SMILES string of the molecule is O=C(CSc1nnc(-c2cccs2)n1C1CC1)Nc1cc(C2CC2)nn1-c1ccccc1. The number of hydrogen-bond donors (Lipinski definition) is 1. The molecule has 1 amide bonds. The van der Waals surface area contributed by atoms with Crippen LogP contribution in [0.25, 0.3) is 16.4 Å². The molecular formula is C23H22N6OS2. The number of carbonyl (C=O) groups excluding carboxylic acids is 1. The van der Waals surface area contributed by atoms with Crippen molar-refractivity contribution in [3.8, 4) is 16.4 Å². The summed E-state index contributed by atoms with van der Waals surface area (Å²) in [6.07, 6.45) is 4.60. The van der Waals surface area contributed by atoms with Gasteiger partial charge in [0.25, 0.3) is 0 Å². The molecule has 4 aromatic rings. The quantitative estimate of drug-likeness (QED) is 0.367. The van der Waals surface area contributed by atoms with Crippen LogP contribution in [0.3, 0.4) is 0 Å². The summed E-state index contributed by atoms with van der Waals surface area (Å²) in [5.74, 6) is 2.33. The average Bonchev–Trinajstić information content (AvgIpc) is 3.70. The number of nitrogens with one attached hydrogen (secondary N) is 1. The predicted octanol–water partition coefficient (Wildman–Crippen LogP) is 5.14. The minimum atomic E-state index is -0.0718. The second kappa shape index (κ2) is 8.22. The highest BCUT2D eigenvalue weighted by molar-refractivity contribution is 7.99. The van der Waals surface area contributed by atoms with Gasteiger partial charge in [-0.05, 0) is 49.3 Å². The first-order valence-corrected chi connectivity index (χ1v) is 12.7. The van der Waals surface area contributed by atoms with Crippen molar-refractivity contribution in [2.24, 2.45) is 0 Å². The number of amides is 1. The number of hydrogen-bond acceptors (Lipinski definition) is 6. The maximum absolute atomic E-state index is 12.9. The largest absolute Gasteiger partial charge is 0.310 e. The molecule has 0 bridgehead atoms. The summed E-state index contributed by atoms with van der Waals surface area (Å²) in [4.78, 5) is 14.0. The Labute approximate surface area is 193 Å². The summed E-state index contributed by atoms with van der Waals surface area (Å²) in [7, 11) is 0. The molecule has 162 valence electrons. The Morgan fingerprint density at radius 2 is 1.94 bits per heavy atom. The first kappa shape index (κ1) is 19.8. The van der Waals surface area contributed by atoms with Crippen LogP contribution in [0.5, 0.6) is 0 Å². The number of carbonyl (C=O) groups is 1. The third-order valence-electron chi connectivity index (χ3n) is 5.64. The van der Waals surface area contributed by atoms with Gasteiger partial charge < -0.3 is 5.32 Å². The van der Waals surface area contributed by atoms with Gasteiger partial charge in [-0.2, -0.15) is 5.10 Å². The summed E-state index contributed by atoms with van der Waals surface area (Å²) in [5.41, 5.74) is 1.99. The van der Waals surface area contributed by atoms with Gasteiger partial charge in [-0.1, -0.05) is 36.0 Å². The van der Waals surface area contributed by atoms with E-state index in [-0.39, 0.29) is 11.7 Å². The number of aromatic nitrogens is 5. The number of para-hydroxylation sites is 1. The Kier molecular flexibility index (Phi) is 5.07. The lowest BCUT2D eigenvalue weighted by Crippen LogP contribution is -2.17. The van der Waals surface area contributed by atoms with Crippen molar-refractivity contribution in [1.82, 2.24) is 24.5 Å². The second-order valence-corrected chi connectivity index (χ2v) is 10.1. The normalized spacial score (nSPS) is 15.8. The van der Waals surface area contributed by atoms with Gasteiger partial charge in [0.15, 0.2) is 11.0 Å². The molecule has 1 N–H and O–H groups in total. The molecule has 9 heteroatoms. The fraction of sp³-hybridized carbons (Fsp3) is 0.304. The van der Waals surface area contributed by atoms with Gasteiger partial charge in [-0.25, -0.2) is 4.68 Å². The Hall–Kier alpha value is -2.91. The van der Waals surface area contributed by atoms with Crippen LogP contribution >= 0.6 is 23.1 Å². The molecule has 7 nitrogen and oxygen atoms in total. The lowest BCUT2D eigenvalue weighted by atomic mass is 10.3. The minimum Gasteiger partial charge on any atom is -0.310 e. The van der Waals surface area contributed by atoms with E-state index in [0.717, 1.165) is 40.1 Å². The highest BCUT2D eigenvalue weighted by Gasteiger charge is 2.31. The van der Waals surface area contributed by atoms with Gasteiger partial charge >= 0.3 is 0 Å². The van der Waals surface area contributed by atoms with E-state index in [2.05, 4.69) is 26.1 Å². The lowest BCUT2D eigenvalue weighted by Gasteiger charge is -2.10. The zero-order valence-electron chi connectivity index (χ0n) is 17.3. The van der Waals surface area contributed by atoms with Gasteiger partial charge in [0.1, 0.15) is 5.82 Å². The maximum Gasteiger partial charge on any atom is 0.236 e. The average molecular weight is 463 g/mol. The van der Waals surface area contributed by atoms with Crippen molar-refractivity contribution in [3.05, 3.63) is 59.6 Å². The van der Waals surface area contributed by atoms with Crippen LogP contribution in [0.15, 0.2) is 59.1 Å². The maximum atomic E-state index is 12.9. The van der Waals surface area contributed by atoms with E-state index in [9.17, 15) is 4.79 Å². The Morgan fingerprint density at radius 3 is 2.66 bits per heavy atom. The molecule has 2 fully saturated rings. The molecule has 0 saturated heterocycles. The second-order valence-electron chi connectivity index (χ2n) is 8.20. The van der Waals surface area contributed by atoms with Gasteiger partial charge in [0.05, 0.1) is 22.0 Å². The van der Waals surface area contributed by atoms with E-state index < -0.39 is 0 Å². The van der Waals surface area contributed by atoms with Crippen molar-refractivity contribution in [1.29, 1.82) is 0 Å². The molecule has 6 rings (SSSR count). The summed E-state index contributed by atoms with van der Waals surface area (Å²) in [5, 5.41) is 19.5. The van der Waals surface area contributed by atoms with Gasteiger partial charge in [-0.3, -0.25) is 9.36 Å². The zero-order valence-corrected chi connectivity index (χ0v) is 19.0. The minimum absolute atomic E-state index is 0.0718. The van der Waals surface area contributed by atoms with Crippen LogP contribution in [-0.4, -0.2) is 36.2 Å². The standard InChI is InChI=1S/C23H22N6OS2/c30-21(14-32-23-26-25-22(19-7-4-12-31-19)28(23)16-10-11-16)24-20-13-18(15-8-9-15)27-29(20)17-5-2-1-3-6-17/h1-7,12-13,15-16H,8-11,14H2,(H,24,30). The van der Waals surface area contributed by atoms with E-state index in [1.165, 1.54) is 24.6 Å². The van der Waals surface area contributed by atoms with Crippen molar-refractivity contribution in [3.63, 3.8) is 0 Å². The van der Waals surface area contributed by atoms with Crippen molar-refractivity contribution in [2.75, 3.05) is 11.1 Å². The molecule has 32 heavy (non-hydrogen) atoms. The van der Waals surface area contributed by atoms with E-state index in [1.807, 2.05) is 52.5 Å². The fourth-order valence-corrected chi connectivity index (χ4v) is 5.26. The molecular weight excluding hydrogens is 440 g/mol. The van der Waals surface area contributed by atoms with Crippen LogP contribution in [-0.2, 0) is 4.79 Å². The molecule has 2 aliphatic rings. The molecule has 2 aliphatic carbocycles. The molecule has 3 aromatic heterocycles. The molecule has 1 aromatic carbocycles. The third kappa shape index (κ3) is 3.98.